The number of allylic oxidation sites excluding steroid dienone is 4. The zero-order chi connectivity index (χ0) is 65.7. The third kappa shape index (κ3) is 20.8. The Labute approximate surface area is 535 Å². The van der Waals surface area contributed by atoms with E-state index in [1.54, 1.807) is 68.4 Å². The number of carbonyl (C=O) groups excluding carboxylic acids is 4. The van der Waals surface area contributed by atoms with Crippen molar-refractivity contribution < 1.29 is 67.0 Å². The Balaban J connectivity index is 0.000000330. The van der Waals surface area contributed by atoms with E-state index in [1.807, 2.05) is 81.4 Å². The molecule has 5 aromatic rings. The van der Waals surface area contributed by atoms with Gasteiger partial charge in [0.05, 0.1) is 14.2 Å². The van der Waals surface area contributed by atoms with E-state index in [0.29, 0.717) is 76.6 Å². The van der Waals surface area contributed by atoms with Gasteiger partial charge in [0.1, 0.15) is 71.6 Å². The van der Waals surface area contributed by atoms with Crippen molar-refractivity contribution in [1.29, 1.82) is 0 Å². The van der Waals surface area contributed by atoms with Gasteiger partial charge >= 0.3 is 11.9 Å². The van der Waals surface area contributed by atoms with Crippen LogP contribution >= 0.6 is 11.6 Å². The number of terminal acetylenes is 1. The third-order valence-corrected chi connectivity index (χ3v) is 14.0. The van der Waals surface area contributed by atoms with Crippen molar-refractivity contribution in [2.24, 2.45) is 36.1 Å². The lowest BCUT2D eigenvalue weighted by Gasteiger charge is -2.22. The highest BCUT2D eigenvalue weighted by Gasteiger charge is 2.28. The number of carbonyl (C=O) groups is 4. The van der Waals surface area contributed by atoms with Crippen LogP contribution in [0.2, 0.25) is 0 Å². The fourth-order valence-corrected chi connectivity index (χ4v) is 8.94. The van der Waals surface area contributed by atoms with Crippen LogP contribution in [-0.4, -0.2) is 131 Å². The van der Waals surface area contributed by atoms with Gasteiger partial charge in [-0.25, -0.2) is 9.59 Å². The lowest BCUT2D eigenvalue weighted by molar-refractivity contribution is -0.133. The molecule has 7 rings (SSSR count). The molecule has 2 aliphatic rings. The Morgan fingerprint density at radius 2 is 0.912 bits per heavy atom. The first-order chi connectivity index (χ1) is 43.4. The molecule has 2 aliphatic carbocycles. The maximum Gasteiger partial charge on any atom is 0.360 e. The van der Waals surface area contributed by atoms with Crippen LogP contribution < -0.4 is 0 Å². The highest BCUT2D eigenvalue weighted by atomic mass is 35.5. The number of hydrogen-bond acceptors (Lipinski definition) is 22. The quantitative estimate of drug-likeness (QED) is 0.0139. The van der Waals surface area contributed by atoms with Gasteiger partial charge in [0.25, 0.3) is 0 Å². The molecule has 23 heteroatoms. The number of methoxy groups -OCH3 is 2. The summed E-state index contributed by atoms with van der Waals surface area (Å²) in [7, 11) is 9.61. The first kappa shape index (κ1) is 72.9. The second-order valence-electron chi connectivity index (χ2n) is 19.7. The van der Waals surface area contributed by atoms with E-state index in [1.165, 1.54) is 60.9 Å². The van der Waals surface area contributed by atoms with Crippen LogP contribution in [0.15, 0.2) is 200 Å². The molecule has 22 nitrogen and oxygen atoms in total. The molecule has 0 aliphatic heterocycles. The molecule has 0 bridgehead atoms. The molecule has 0 saturated carbocycles. The average molecular weight is 1260 g/mol. The number of oxime groups is 7. The van der Waals surface area contributed by atoms with E-state index < -0.39 is 11.9 Å². The van der Waals surface area contributed by atoms with E-state index in [-0.39, 0.29) is 54.5 Å². The van der Waals surface area contributed by atoms with E-state index >= 15 is 0 Å². The maximum absolute atomic E-state index is 12.7. The van der Waals surface area contributed by atoms with Crippen LogP contribution in [0.5, 0.6) is 0 Å². The SMILES string of the molecule is C.C#Cc1ccc(C(=N\OC)/C(C)=N/OCC2=C(/C(=N\OC)C(=O)OC)CC(C)=C(C)C2)cc1.CO/N=C(/C(=O)OC)C1=C(CO/N=C(C)/C(=N/OC)c2ccc(-c3cc(C(=O)c4ccccc4)no3)cc2)CC(C)=C(C)C1.CO/N=C(\Cl)C(=O)c1ccccc1. The Morgan fingerprint density at radius 3 is 1.32 bits per heavy atom. The minimum atomic E-state index is -0.589. The van der Waals surface area contributed by atoms with Crippen LogP contribution in [0.4, 0.5) is 0 Å². The molecular formula is C68H75ClN8O14. The van der Waals surface area contributed by atoms with Crippen LogP contribution in [0.25, 0.3) is 11.3 Å². The van der Waals surface area contributed by atoms with Gasteiger partial charge in [-0.2, -0.15) is 0 Å². The van der Waals surface area contributed by atoms with Gasteiger partial charge in [0.2, 0.25) is 16.7 Å². The minimum Gasteiger partial charge on any atom is -0.464 e. The van der Waals surface area contributed by atoms with Gasteiger partial charge in [-0.3, -0.25) is 9.59 Å². The van der Waals surface area contributed by atoms with Crippen molar-refractivity contribution in [1.82, 2.24) is 5.16 Å². The number of ether oxygens (including phenoxy) is 2. The van der Waals surface area contributed by atoms with Crippen LogP contribution in [0, 0.1) is 12.3 Å². The predicted octanol–water partition coefficient (Wildman–Crippen LogP) is 12.6. The zero-order valence-electron chi connectivity index (χ0n) is 52.5. The lowest BCUT2D eigenvalue weighted by atomic mass is 9.85. The summed E-state index contributed by atoms with van der Waals surface area (Å²) in [4.78, 5) is 84.5. The first-order valence-electron chi connectivity index (χ1n) is 27.7. The number of hydrogen-bond donors (Lipinski definition) is 0. The number of ketones is 2. The van der Waals surface area contributed by atoms with Crippen LogP contribution in [0.1, 0.15) is 118 Å². The summed E-state index contributed by atoms with van der Waals surface area (Å²) in [5, 5.41) is 31.7. The molecule has 1 aromatic heterocycles. The summed E-state index contributed by atoms with van der Waals surface area (Å²) in [5.74, 6) is 1.31. The lowest BCUT2D eigenvalue weighted by Crippen LogP contribution is -2.23. The molecule has 0 radical (unpaired) electrons. The number of aromatic nitrogens is 1. The van der Waals surface area contributed by atoms with Crippen molar-refractivity contribution in [3.05, 3.63) is 193 Å². The third-order valence-electron chi connectivity index (χ3n) is 13.7. The van der Waals surface area contributed by atoms with Crippen molar-refractivity contribution in [2.45, 2.75) is 74.7 Å². The fourth-order valence-electron chi connectivity index (χ4n) is 8.76. The van der Waals surface area contributed by atoms with Crippen LogP contribution in [0.3, 0.4) is 0 Å². The average Bonchev–Trinajstić information content (AvgIpc) is 1.87. The molecular weight excluding hydrogens is 1190 g/mol. The Bertz CT molecular complexity index is 3750. The van der Waals surface area contributed by atoms with E-state index in [9.17, 15) is 19.2 Å². The Kier molecular flexibility index (Phi) is 29.9. The normalized spacial score (nSPS) is 14.1. The van der Waals surface area contributed by atoms with Gasteiger partial charge in [0.15, 0.2) is 22.9 Å². The number of rotatable bonds is 24. The summed E-state index contributed by atoms with van der Waals surface area (Å²) in [5.41, 5.74) is 14.2. The van der Waals surface area contributed by atoms with E-state index in [0.717, 1.165) is 44.6 Å². The number of Topliss-reactive ketones (excluding diaryl/α,β-unsaturated/α-hetero) is 1. The van der Waals surface area contributed by atoms with Gasteiger partial charge in [-0.15, -0.1) is 6.42 Å². The van der Waals surface area contributed by atoms with Crippen molar-refractivity contribution in [2.75, 3.05) is 63.0 Å². The minimum absolute atomic E-state index is 0. The predicted molar refractivity (Wildman–Crippen MR) is 351 cm³/mol. The highest BCUT2D eigenvalue weighted by Crippen LogP contribution is 2.33. The molecule has 0 saturated heterocycles. The highest BCUT2D eigenvalue weighted by molar-refractivity contribution is 6.84. The van der Waals surface area contributed by atoms with E-state index in [2.05, 4.69) is 58.9 Å². The van der Waals surface area contributed by atoms with Crippen molar-refractivity contribution in [3.63, 3.8) is 0 Å². The van der Waals surface area contributed by atoms with Crippen molar-refractivity contribution >= 4 is 74.5 Å². The van der Waals surface area contributed by atoms with E-state index in [4.69, 9.17) is 61.0 Å². The molecule has 0 unspecified atom stereocenters. The molecule has 91 heavy (non-hydrogen) atoms. The molecule has 0 fully saturated rings. The maximum atomic E-state index is 12.7. The number of benzene rings is 4. The Hall–Kier alpha value is -10.5. The van der Waals surface area contributed by atoms with Gasteiger partial charge < -0.3 is 47.9 Å². The number of halogens is 1. The summed E-state index contributed by atoms with van der Waals surface area (Å²) >= 11 is 5.54. The fraction of sp³-hybridized carbons (Fsp3) is 0.294. The number of esters is 2. The second kappa shape index (κ2) is 37.3. The largest absolute Gasteiger partial charge is 0.464 e. The smallest absolute Gasteiger partial charge is 0.360 e. The second-order valence-corrected chi connectivity index (χ2v) is 20.1. The molecule has 0 amide bonds. The molecule has 1 heterocycles. The van der Waals surface area contributed by atoms with Crippen LogP contribution in [-0.2, 0) is 52.9 Å². The molecule has 0 N–H and O–H groups in total. The molecule has 0 atom stereocenters. The van der Waals surface area contributed by atoms with Gasteiger partial charge in [-0.05, 0) is 102 Å². The topological polar surface area (TPSA) is 264 Å². The van der Waals surface area contributed by atoms with Crippen molar-refractivity contribution in [3.8, 4) is 23.7 Å². The zero-order valence-corrected chi connectivity index (χ0v) is 53.2. The molecule has 0 spiro atoms. The standard InChI is InChI=1S/C33H34N4O7.C25H29N3O5.C9H8ClNO2.CH4/c1-20-16-26(27(17-21(20)2)31(37-42-6)33(39)40-4)19-43-34-22(3)30(36-41-5)24-14-12-23(13-15-24)29-18-28(35-44-29)32(38)25-10-8-7-9-11-25;1-8-19-9-11-20(12-10-19)23(27-31-6)18(4)26-33-15-21-13-16(2)17(3)14-22(21)24(28-32-7)25(29)30-5;1-13-11-9(10)8(12)7-5-3-2-4-6-7;/h7-15,18H,16-17,19H2,1-6H3;1,9-12H,13-15H2,2-7H3;2-6H,1H3;1H4/b34-22+,36-30-,37-31+;26-18+,27-23-,28-24+;11-9-;. The monoisotopic (exact) mass is 1260 g/mol. The molecule has 4 aromatic carbocycles. The molecule has 478 valence electrons. The van der Waals surface area contributed by atoms with Gasteiger partial charge in [-0.1, -0.05) is 186 Å². The number of nitrogens with zero attached hydrogens (tertiary/aromatic N) is 8. The first-order valence-corrected chi connectivity index (χ1v) is 28.0. The summed E-state index contributed by atoms with van der Waals surface area (Å²) in [6.45, 7) is 11.9. The summed E-state index contributed by atoms with van der Waals surface area (Å²) in [6.07, 6.45) is 7.71. The Morgan fingerprint density at radius 1 is 0.516 bits per heavy atom. The summed E-state index contributed by atoms with van der Waals surface area (Å²) in [6, 6.07) is 33.8. The van der Waals surface area contributed by atoms with Gasteiger partial charge in [0, 0.05) is 39.4 Å². The summed E-state index contributed by atoms with van der Waals surface area (Å²) < 4.78 is 15.3.